The van der Waals surface area contributed by atoms with Gasteiger partial charge < -0.3 is 14.7 Å². The van der Waals surface area contributed by atoms with E-state index in [4.69, 9.17) is 5.11 Å². The van der Waals surface area contributed by atoms with Crippen LogP contribution < -0.4 is 5.43 Å². The maximum atomic E-state index is 14.3. The largest absolute Gasteiger partial charge is 0.477 e. The van der Waals surface area contributed by atoms with Crippen molar-refractivity contribution in [3.63, 3.8) is 0 Å². The van der Waals surface area contributed by atoms with Gasteiger partial charge in [0.2, 0.25) is 5.43 Å². The van der Waals surface area contributed by atoms with Gasteiger partial charge in [0, 0.05) is 23.7 Å². The lowest BCUT2D eigenvalue weighted by molar-refractivity contribution is 0.0695. The molecule has 0 radical (unpaired) electrons. The van der Waals surface area contributed by atoms with E-state index in [0.717, 1.165) is 6.07 Å². The Morgan fingerprint density at radius 2 is 2.17 bits per heavy atom. The molecule has 2 heterocycles. The van der Waals surface area contributed by atoms with Crippen LogP contribution in [-0.4, -0.2) is 25.6 Å². The number of aromatic carboxylic acids is 1. The highest BCUT2D eigenvalue weighted by Crippen LogP contribution is 2.25. The number of H-pyrrole nitrogens is 1. The van der Waals surface area contributed by atoms with Crippen LogP contribution in [0.4, 0.5) is 4.39 Å². The number of fused-ring (bicyclic) bond motifs is 1. The minimum atomic E-state index is -1.33. The molecule has 0 saturated carbocycles. The highest BCUT2D eigenvalue weighted by atomic mass is 35.5. The molecule has 0 bridgehead atoms. The second kappa shape index (κ2) is 6.21. The van der Waals surface area contributed by atoms with E-state index >= 15 is 0 Å². The van der Waals surface area contributed by atoms with Crippen LogP contribution in [0.25, 0.3) is 22.2 Å². The summed E-state index contributed by atoms with van der Waals surface area (Å²) in [5.41, 5.74) is 0.167. The van der Waals surface area contributed by atoms with E-state index < -0.39 is 17.2 Å². The van der Waals surface area contributed by atoms with Gasteiger partial charge in [-0.15, -0.1) is 12.4 Å². The third kappa shape index (κ3) is 2.70. The molecule has 3 aromatic rings. The molecule has 0 spiro atoms. The van der Waals surface area contributed by atoms with Crippen molar-refractivity contribution < 1.29 is 14.3 Å². The normalized spacial score (nSPS) is 10.5. The van der Waals surface area contributed by atoms with Crippen molar-refractivity contribution in [2.45, 2.75) is 13.5 Å². The van der Waals surface area contributed by atoms with E-state index in [1.54, 1.807) is 4.57 Å². The number of pyridine rings is 1. The fourth-order valence-electron chi connectivity index (χ4n) is 2.43. The number of carbonyl (C=O) groups is 1. The zero-order valence-electron chi connectivity index (χ0n) is 12.0. The van der Waals surface area contributed by atoms with Crippen LogP contribution in [-0.2, 0) is 6.54 Å². The number of rotatable bonds is 3. The van der Waals surface area contributed by atoms with E-state index in [2.05, 4.69) is 9.97 Å². The quantitative estimate of drug-likeness (QED) is 0.769. The van der Waals surface area contributed by atoms with Gasteiger partial charge in [0.15, 0.2) is 0 Å². The summed E-state index contributed by atoms with van der Waals surface area (Å²) in [7, 11) is 0. The average Bonchev–Trinajstić information content (AvgIpc) is 3.01. The minimum absolute atomic E-state index is 0. The molecule has 0 fully saturated rings. The molecule has 0 aliphatic rings. The summed E-state index contributed by atoms with van der Waals surface area (Å²) in [6.45, 7) is 2.26. The van der Waals surface area contributed by atoms with Crippen molar-refractivity contribution in [2.75, 3.05) is 0 Å². The molecule has 8 heteroatoms. The van der Waals surface area contributed by atoms with Crippen molar-refractivity contribution in [3.8, 4) is 11.3 Å². The number of nitrogens with zero attached hydrogens (tertiary/aromatic N) is 2. The number of benzene rings is 1. The summed E-state index contributed by atoms with van der Waals surface area (Å²) in [5.74, 6) is -1.94. The number of aromatic amines is 1. The number of nitrogens with one attached hydrogen (secondary N) is 1. The van der Waals surface area contributed by atoms with Gasteiger partial charge in [-0.05, 0) is 19.1 Å². The molecule has 3 rings (SSSR count). The molecule has 0 aliphatic carbocycles. The van der Waals surface area contributed by atoms with E-state index in [1.165, 1.54) is 24.8 Å². The molecular weight excluding hydrogens is 325 g/mol. The van der Waals surface area contributed by atoms with Gasteiger partial charge in [-0.1, -0.05) is 0 Å². The Hall–Kier alpha value is -2.67. The van der Waals surface area contributed by atoms with Gasteiger partial charge >= 0.3 is 5.97 Å². The van der Waals surface area contributed by atoms with Crippen LogP contribution in [0.3, 0.4) is 0 Å². The Balaban J connectivity index is 0.00000192. The van der Waals surface area contributed by atoms with Gasteiger partial charge in [-0.3, -0.25) is 4.79 Å². The zero-order valence-corrected chi connectivity index (χ0v) is 12.9. The maximum absolute atomic E-state index is 14.3. The molecule has 2 aromatic heterocycles. The zero-order chi connectivity index (χ0) is 15.9. The third-order valence-electron chi connectivity index (χ3n) is 3.53. The highest BCUT2D eigenvalue weighted by molar-refractivity contribution is 5.93. The molecule has 2 N–H and O–H groups in total. The first-order chi connectivity index (χ1) is 10.5. The van der Waals surface area contributed by atoms with Crippen LogP contribution in [0.2, 0.25) is 0 Å². The number of aryl methyl sites for hydroxylation is 1. The van der Waals surface area contributed by atoms with Crippen molar-refractivity contribution in [1.29, 1.82) is 0 Å². The molecule has 0 aliphatic heterocycles. The van der Waals surface area contributed by atoms with E-state index in [-0.39, 0.29) is 28.9 Å². The summed E-state index contributed by atoms with van der Waals surface area (Å²) in [6, 6.07) is 2.60. The highest BCUT2D eigenvalue weighted by Gasteiger charge is 2.17. The molecule has 120 valence electrons. The Labute approximate surface area is 136 Å². The smallest absolute Gasteiger partial charge is 0.341 e. The van der Waals surface area contributed by atoms with Crippen LogP contribution >= 0.6 is 12.4 Å². The third-order valence-corrected chi connectivity index (χ3v) is 3.53. The summed E-state index contributed by atoms with van der Waals surface area (Å²) in [5, 5.41) is 9.14. The number of halogens is 2. The fraction of sp³-hybridized carbons (Fsp3) is 0.133. The van der Waals surface area contributed by atoms with Crippen molar-refractivity contribution in [2.24, 2.45) is 0 Å². The SMILES string of the molecule is CCn1cc(C(=O)O)c(=O)c2cc(F)c(-c3cnc[nH]3)cc21.Cl. The molecule has 0 amide bonds. The van der Waals surface area contributed by atoms with Gasteiger partial charge in [-0.25, -0.2) is 14.2 Å². The van der Waals surface area contributed by atoms with Crippen LogP contribution in [0.5, 0.6) is 0 Å². The van der Waals surface area contributed by atoms with Gasteiger partial charge in [0.05, 0.1) is 23.7 Å². The monoisotopic (exact) mass is 337 g/mol. The summed E-state index contributed by atoms with van der Waals surface area (Å²) < 4.78 is 15.9. The second-order valence-electron chi connectivity index (χ2n) is 4.78. The first kappa shape index (κ1) is 16.7. The van der Waals surface area contributed by atoms with E-state index in [0.29, 0.717) is 17.8 Å². The van der Waals surface area contributed by atoms with Gasteiger partial charge in [-0.2, -0.15) is 0 Å². The second-order valence-corrected chi connectivity index (χ2v) is 4.78. The number of carboxylic acids is 1. The first-order valence-electron chi connectivity index (χ1n) is 6.61. The standard InChI is InChI=1S/C15H12FN3O3.ClH/c1-2-19-6-10(15(21)22)14(20)9-3-11(16)8(4-13(9)19)12-5-17-7-18-12;/h3-7H,2H2,1H3,(H,17,18)(H,21,22);1H. The average molecular weight is 338 g/mol. The maximum Gasteiger partial charge on any atom is 0.341 e. The van der Waals surface area contributed by atoms with Crippen molar-refractivity contribution in [1.82, 2.24) is 14.5 Å². The van der Waals surface area contributed by atoms with Gasteiger partial charge in [0.25, 0.3) is 0 Å². The van der Waals surface area contributed by atoms with Crippen LogP contribution in [0.15, 0.2) is 35.6 Å². The van der Waals surface area contributed by atoms with Crippen LogP contribution in [0, 0.1) is 5.82 Å². The minimum Gasteiger partial charge on any atom is -0.477 e. The lowest BCUT2D eigenvalue weighted by Gasteiger charge is -2.12. The first-order valence-corrected chi connectivity index (χ1v) is 6.61. The van der Waals surface area contributed by atoms with Crippen molar-refractivity contribution >= 4 is 29.3 Å². The Morgan fingerprint density at radius 3 is 2.74 bits per heavy atom. The van der Waals surface area contributed by atoms with Gasteiger partial charge in [0.1, 0.15) is 11.4 Å². The summed E-state index contributed by atoms with van der Waals surface area (Å²) in [6.07, 6.45) is 4.19. The molecule has 23 heavy (non-hydrogen) atoms. The predicted molar refractivity (Wildman–Crippen MR) is 85.6 cm³/mol. The number of hydrogen-bond donors (Lipinski definition) is 2. The Bertz CT molecular complexity index is 935. The molecular formula is C15H13ClFN3O3. The molecule has 0 saturated heterocycles. The summed E-state index contributed by atoms with van der Waals surface area (Å²) in [4.78, 5) is 30.0. The number of imidazole rings is 1. The number of carboxylic acid groups (broad SMARTS) is 1. The van der Waals surface area contributed by atoms with E-state index in [1.807, 2.05) is 6.92 Å². The fourth-order valence-corrected chi connectivity index (χ4v) is 2.43. The predicted octanol–water partition coefficient (Wildman–Crippen LogP) is 2.67. The number of hydrogen-bond acceptors (Lipinski definition) is 3. The molecule has 6 nitrogen and oxygen atoms in total. The Kier molecular flexibility index (Phi) is 4.51. The lowest BCUT2D eigenvalue weighted by Crippen LogP contribution is -2.19. The van der Waals surface area contributed by atoms with E-state index in [9.17, 15) is 14.0 Å². The summed E-state index contributed by atoms with van der Waals surface area (Å²) >= 11 is 0. The van der Waals surface area contributed by atoms with Crippen LogP contribution in [0.1, 0.15) is 17.3 Å². The number of aromatic nitrogens is 3. The molecule has 1 aromatic carbocycles. The van der Waals surface area contributed by atoms with Crippen molar-refractivity contribution in [3.05, 3.63) is 52.5 Å². The molecule has 0 atom stereocenters. The Morgan fingerprint density at radius 1 is 1.43 bits per heavy atom. The lowest BCUT2D eigenvalue weighted by atomic mass is 10.1. The molecule has 0 unspecified atom stereocenters. The topological polar surface area (TPSA) is 88.0 Å².